The summed E-state index contributed by atoms with van der Waals surface area (Å²) in [6.07, 6.45) is 3.22. The van der Waals surface area contributed by atoms with Gasteiger partial charge in [0.05, 0.1) is 0 Å². The van der Waals surface area contributed by atoms with E-state index in [1.807, 2.05) is 115 Å². The van der Waals surface area contributed by atoms with Crippen molar-refractivity contribution in [3.05, 3.63) is 132 Å². The van der Waals surface area contributed by atoms with E-state index in [0.717, 1.165) is 38.2 Å². The predicted octanol–water partition coefficient (Wildman–Crippen LogP) is 4.56. The minimum absolute atomic E-state index is 0. The van der Waals surface area contributed by atoms with Gasteiger partial charge in [0.2, 0.25) is 29.5 Å². The van der Waals surface area contributed by atoms with Gasteiger partial charge in [0.1, 0.15) is 24.2 Å². The van der Waals surface area contributed by atoms with Crippen molar-refractivity contribution in [3.63, 3.8) is 0 Å². The zero-order valence-electron chi connectivity index (χ0n) is 33.3. The molecule has 0 spiro atoms. The van der Waals surface area contributed by atoms with Gasteiger partial charge >= 0.3 is 0 Å². The highest BCUT2D eigenvalue weighted by molar-refractivity contribution is 5.96. The molecule has 5 aromatic rings. The van der Waals surface area contributed by atoms with E-state index in [0.29, 0.717) is 51.7 Å². The molecule has 1 saturated heterocycles. The SMILES string of the molecule is NCCCCC(NC(=O)[C@H](Cc1ccccc1)NC(=O)[C@@H](Cc1ccc2ccccc2c1)NC(=O)C(Cc1ccc2ccccc2c1)NC(=O)C1CCNCC1)C(N)=O.[HH].[HH].[HH].[HH]. The van der Waals surface area contributed by atoms with Crippen molar-refractivity contribution in [2.45, 2.75) is 75.5 Å². The first-order valence-electron chi connectivity index (χ1n) is 20.6. The van der Waals surface area contributed by atoms with Crippen molar-refractivity contribution in [1.82, 2.24) is 26.6 Å². The number of nitrogens with one attached hydrogen (secondary N) is 5. The molecular formula is C47H63N7O5. The van der Waals surface area contributed by atoms with Crippen LogP contribution in [0.15, 0.2) is 115 Å². The number of piperidine rings is 1. The molecule has 2 unspecified atom stereocenters. The van der Waals surface area contributed by atoms with Gasteiger partial charge in [-0.15, -0.1) is 0 Å². The van der Waals surface area contributed by atoms with Crippen LogP contribution in [0.3, 0.4) is 0 Å². The molecule has 1 aliphatic rings. The molecule has 0 radical (unpaired) electrons. The summed E-state index contributed by atoms with van der Waals surface area (Å²) in [4.78, 5) is 69.2. The fourth-order valence-electron chi connectivity index (χ4n) is 7.65. The number of hydrogen-bond donors (Lipinski definition) is 7. The van der Waals surface area contributed by atoms with Crippen LogP contribution in [0.5, 0.6) is 0 Å². The van der Waals surface area contributed by atoms with Crippen molar-refractivity contribution < 1.29 is 29.7 Å². The molecule has 0 bridgehead atoms. The van der Waals surface area contributed by atoms with E-state index in [-0.39, 0.29) is 36.8 Å². The summed E-state index contributed by atoms with van der Waals surface area (Å²) in [7, 11) is 0. The van der Waals surface area contributed by atoms with E-state index in [9.17, 15) is 24.0 Å². The van der Waals surface area contributed by atoms with Crippen LogP contribution < -0.4 is 38.1 Å². The number of unbranched alkanes of at least 4 members (excludes halogenated alkanes) is 1. The fraction of sp³-hybridized carbons (Fsp3) is 0.340. The third kappa shape index (κ3) is 12.2. The number of carbonyl (C=O) groups is 5. The standard InChI is InChI=1S/C47H55N7O5.4H2/c48-23-9-8-16-39(43(49)55)51-45(57)40(28-31-10-2-1-3-11-31)53-47(59)42(30-33-18-20-35-13-5-7-15-38(35)27-33)54-46(58)41(52-44(56)36-21-24-50-25-22-36)29-32-17-19-34-12-4-6-14-37(34)26-32;;;;/h1-7,10-15,17-20,26-27,36,39-42,50H,8-9,16,21-25,28-30,48H2,(H2,49,55)(H,51,57)(H,52,56)(H,53,59)(H,54,58);4*1H/t39?,40-,41?,42+;;;;/m0..../s1. The summed E-state index contributed by atoms with van der Waals surface area (Å²) in [5.41, 5.74) is 13.8. The smallest absolute Gasteiger partial charge is 0.243 e. The van der Waals surface area contributed by atoms with Crippen LogP contribution in [0.2, 0.25) is 0 Å². The lowest BCUT2D eigenvalue weighted by Crippen LogP contribution is -2.59. The first-order chi connectivity index (χ1) is 28.7. The summed E-state index contributed by atoms with van der Waals surface area (Å²) in [5.74, 6) is -2.87. The topological polar surface area (TPSA) is 198 Å². The zero-order valence-corrected chi connectivity index (χ0v) is 33.3. The van der Waals surface area contributed by atoms with Crippen molar-refractivity contribution >= 4 is 51.1 Å². The number of hydrogen-bond acceptors (Lipinski definition) is 7. The van der Waals surface area contributed by atoms with Gasteiger partial charge in [0, 0.05) is 30.9 Å². The summed E-state index contributed by atoms with van der Waals surface area (Å²) in [6.45, 7) is 1.85. The normalized spacial score (nSPS) is 15.1. The molecular weight excluding hydrogens is 743 g/mol. The highest BCUT2D eigenvalue weighted by Crippen LogP contribution is 2.20. The molecule has 0 aliphatic carbocycles. The maximum absolute atomic E-state index is 14.6. The molecule has 5 aromatic carbocycles. The van der Waals surface area contributed by atoms with Gasteiger partial charge in [0.15, 0.2) is 0 Å². The van der Waals surface area contributed by atoms with Gasteiger partial charge in [-0.3, -0.25) is 24.0 Å². The van der Waals surface area contributed by atoms with E-state index in [4.69, 9.17) is 11.5 Å². The van der Waals surface area contributed by atoms with E-state index in [2.05, 4.69) is 26.6 Å². The van der Waals surface area contributed by atoms with E-state index in [1.165, 1.54) is 0 Å². The van der Waals surface area contributed by atoms with Crippen molar-refractivity contribution in [3.8, 4) is 0 Å². The Morgan fingerprint density at radius 2 is 1.02 bits per heavy atom. The lowest BCUT2D eigenvalue weighted by atomic mass is 9.95. The van der Waals surface area contributed by atoms with E-state index < -0.39 is 47.8 Å². The second kappa shape index (κ2) is 21.1. The molecule has 12 nitrogen and oxygen atoms in total. The maximum Gasteiger partial charge on any atom is 0.243 e. The van der Waals surface area contributed by atoms with Crippen LogP contribution in [0.4, 0.5) is 0 Å². The summed E-state index contributed by atoms with van der Waals surface area (Å²) in [5, 5.41) is 19.0. The number of amides is 5. The number of nitrogens with two attached hydrogens (primary N) is 2. The van der Waals surface area contributed by atoms with Gasteiger partial charge in [0.25, 0.3) is 0 Å². The Morgan fingerprint density at radius 1 is 0.559 bits per heavy atom. The van der Waals surface area contributed by atoms with E-state index in [1.54, 1.807) is 0 Å². The minimum Gasteiger partial charge on any atom is -0.368 e. The third-order valence-electron chi connectivity index (χ3n) is 11.0. The maximum atomic E-state index is 14.6. The zero-order chi connectivity index (χ0) is 41.6. The molecule has 9 N–H and O–H groups in total. The third-order valence-corrected chi connectivity index (χ3v) is 11.0. The van der Waals surface area contributed by atoms with Crippen LogP contribution >= 0.6 is 0 Å². The number of rotatable bonds is 19. The first-order valence-corrected chi connectivity index (χ1v) is 20.6. The van der Waals surface area contributed by atoms with Crippen molar-refractivity contribution in [2.24, 2.45) is 17.4 Å². The average Bonchev–Trinajstić information content (AvgIpc) is 3.25. The average molecular weight is 806 g/mol. The van der Waals surface area contributed by atoms with Crippen molar-refractivity contribution in [2.75, 3.05) is 19.6 Å². The molecule has 12 heteroatoms. The molecule has 0 saturated carbocycles. The van der Waals surface area contributed by atoms with Crippen LogP contribution in [0, 0.1) is 5.92 Å². The van der Waals surface area contributed by atoms with Gasteiger partial charge in [-0.25, -0.2) is 0 Å². The molecule has 1 aliphatic heterocycles. The number of primary amides is 1. The summed E-state index contributed by atoms with van der Waals surface area (Å²) in [6, 6.07) is 32.5. The second-order valence-electron chi connectivity index (χ2n) is 15.4. The largest absolute Gasteiger partial charge is 0.368 e. The van der Waals surface area contributed by atoms with Gasteiger partial charge < -0.3 is 38.1 Å². The molecule has 316 valence electrons. The molecule has 5 amide bonds. The predicted molar refractivity (Wildman–Crippen MR) is 239 cm³/mol. The molecule has 1 fully saturated rings. The van der Waals surface area contributed by atoms with E-state index >= 15 is 0 Å². The highest BCUT2D eigenvalue weighted by Gasteiger charge is 2.33. The van der Waals surface area contributed by atoms with Crippen LogP contribution in [-0.2, 0) is 43.2 Å². The fourth-order valence-corrected chi connectivity index (χ4v) is 7.65. The Morgan fingerprint density at radius 3 is 1.53 bits per heavy atom. The molecule has 0 aromatic heterocycles. The lowest BCUT2D eigenvalue weighted by Gasteiger charge is -2.28. The number of benzene rings is 5. The Kier molecular flexibility index (Phi) is 15.2. The van der Waals surface area contributed by atoms with Gasteiger partial charge in [-0.05, 0) is 90.0 Å². The monoisotopic (exact) mass is 805 g/mol. The van der Waals surface area contributed by atoms with Crippen molar-refractivity contribution in [1.29, 1.82) is 0 Å². The Bertz CT molecular complexity index is 2250. The lowest BCUT2D eigenvalue weighted by molar-refractivity contribution is -0.135. The molecule has 1 heterocycles. The molecule has 4 atom stereocenters. The Hall–Kier alpha value is -6.11. The quantitative estimate of drug-likeness (QED) is 0.0594. The molecule has 6 rings (SSSR count). The number of fused-ring (bicyclic) bond motifs is 2. The van der Waals surface area contributed by atoms with Crippen LogP contribution in [0.25, 0.3) is 21.5 Å². The van der Waals surface area contributed by atoms with Crippen LogP contribution in [-0.4, -0.2) is 73.3 Å². The summed E-state index contributed by atoms with van der Waals surface area (Å²) < 4.78 is 0. The number of carbonyl (C=O) groups excluding carboxylic acids is 5. The second-order valence-corrected chi connectivity index (χ2v) is 15.4. The van der Waals surface area contributed by atoms with Crippen LogP contribution in [0.1, 0.15) is 54.5 Å². The van der Waals surface area contributed by atoms with Gasteiger partial charge in [-0.1, -0.05) is 115 Å². The minimum atomic E-state index is -1.15. The Balaban J connectivity index is 0.00000341. The highest BCUT2D eigenvalue weighted by atomic mass is 16.2. The Labute approximate surface area is 351 Å². The molecule has 59 heavy (non-hydrogen) atoms. The summed E-state index contributed by atoms with van der Waals surface area (Å²) >= 11 is 0. The first kappa shape index (κ1) is 42.5. The van der Waals surface area contributed by atoms with Gasteiger partial charge in [-0.2, -0.15) is 0 Å².